The first-order chi connectivity index (χ1) is 13.8. The second-order valence-electron chi connectivity index (χ2n) is 6.33. The topological polar surface area (TPSA) is 93.7 Å². The van der Waals surface area contributed by atoms with Gasteiger partial charge in [0, 0.05) is 12.1 Å². The number of anilines is 2. The van der Waals surface area contributed by atoms with Crippen LogP contribution in [0.4, 0.5) is 20.2 Å². The van der Waals surface area contributed by atoms with E-state index in [-0.39, 0.29) is 22.9 Å². The van der Waals surface area contributed by atoms with E-state index in [9.17, 15) is 23.2 Å². The van der Waals surface area contributed by atoms with E-state index in [1.165, 1.54) is 37.3 Å². The molecule has 0 aliphatic carbocycles. The first-order valence-electron chi connectivity index (χ1n) is 8.82. The summed E-state index contributed by atoms with van der Waals surface area (Å²) in [5.41, 5.74) is 1.71. The third kappa shape index (κ3) is 5.07. The van der Waals surface area contributed by atoms with Crippen LogP contribution in [0.15, 0.2) is 42.5 Å². The zero-order valence-electron chi connectivity index (χ0n) is 15.4. The molecule has 0 spiro atoms. The number of carbonyl (C=O) groups is 3. The number of para-hydroxylation sites is 2. The second kappa shape index (κ2) is 8.68. The maximum atomic E-state index is 12.5. The number of nitrogens with one attached hydrogen (secondary N) is 2. The molecule has 1 heterocycles. The maximum absolute atomic E-state index is 12.5. The van der Waals surface area contributed by atoms with Gasteiger partial charge in [0.1, 0.15) is 5.75 Å². The Balaban J connectivity index is 1.64. The van der Waals surface area contributed by atoms with Crippen molar-refractivity contribution in [1.29, 1.82) is 0 Å². The summed E-state index contributed by atoms with van der Waals surface area (Å²) in [4.78, 5) is 36.1. The summed E-state index contributed by atoms with van der Waals surface area (Å²) in [7, 11) is 0. The van der Waals surface area contributed by atoms with E-state index in [2.05, 4.69) is 15.4 Å². The van der Waals surface area contributed by atoms with Crippen LogP contribution in [-0.2, 0) is 20.7 Å². The Bertz CT molecular complexity index is 948. The minimum atomic E-state index is -3.04. The molecule has 7 nitrogen and oxygen atoms in total. The van der Waals surface area contributed by atoms with Crippen LogP contribution < -0.4 is 15.4 Å². The monoisotopic (exact) mass is 404 g/mol. The van der Waals surface area contributed by atoms with Crippen LogP contribution in [0.2, 0.25) is 0 Å². The Morgan fingerprint density at radius 1 is 1.14 bits per heavy atom. The molecule has 0 saturated heterocycles. The van der Waals surface area contributed by atoms with Crippen LogP contribution in [0.25, 0.3) is 0 Å². The van der Waals surface area contributed by atoms with Crippen LogP contribution in [0, 0.1) is 0 Å². The Morgan fingerprint density at radius 3 is 2.66 bits per heavy atom. The summed E-state index contributed by atoms with van der Waals surface area (Å²) >= 11 is 0. The first kappa shape index (κ1) is 20.2. The van der Waals surface area contributed by atoms with Crippen LogP contribution in [0.5, 0.6) is 5.75 Å². The van der Waals surface area contributed by atoms with Crippen LogP contribution in [-0.4, -0.2) is 30.5 Å². The molecule has 1 unspecified atom stereocenters. The van der Waals surface area contributed by atoms with Crippen molar-refractivity contribution in [1.82, 2.24) is 0 Å². The molecule has 1 aliphatic rings. The standard InChI is InChI=1S/C20H18F2N2O5/c1-11(18(26)24-15-4-2-3-5-16(15)29-20(21)22)28-19(27)13-6-8-14-12(10-13)7-9-17(25)23-14/h2-6,8,10-11,20H,7,9H2,1H3,(H,23,25)(H,24,26). The van der Waals surface area contributed by atoms with Crippen molar-refractivity contribution in [3.8, 4) is 5.75 Å². The fourth-order valence-electron chi connectivity index (χ4n) is 2.80. The van der Waals surface area contributed by atoms with Crippen molar-refractivity contribution >= 4 is 29.2 Å². The molecule has 2 aromatic rings. The zero-order chi connectivity index (χ0) is 21.0. The molecule has 0 radical (unpaired) electrons. The van der Waals surface area contributed by atoms with E-state index in [0.717, 1.165) is 5.56 Å². The predicted octanol–water partition coefficient (Wildman–Crippen LogP) is 3.36. The van der Waals surface area contributed by atoms with Crippen LogP contribution in [0.1, 0.15) is 29.3 Å². The number of ether oxygens (including phenoxy) is 2. The molecule has 152 valence electrons. The van der Waals surface area contributed by atoms with Gasteiger partial charge >= 0.3 is 12.6 Å². The van der Waals surface area contributed by atoms with Crippen molar-refractivity contribution in [2.24, 2.45) is 0 Å². The summed E-state index contributed by atoms with van der Waals surface area (Å²) in [6, 6.07) is 10.4. The van der Waals surface area contributed by atoms with Crippen LogP contribution >= 0.6 is 0 Å². The van der Waals surface area contributed by atoms with Crippen LogP contribution in [0.3, 0.4) is 0 Å². The largest absolute Gasteiger partial charge is 0.449 e. The smallest absolute Gasteiger partial charge is 0.387 e. The molecule has 0 aromatic heterocycles. The number of rotatable bonds is 6. The lowest BCUT2D eigenvalue weighted by molar-refractivity contribution is -0.123. The number of benzene rings is 2. The molecule has 1 aliphatic heterocycles. The normalized spacial score (nSPS) is 13.9. The van der Waals surface area contributed by atoms with Crippen molar-refractivity contribution < 1.29 is 32.6 Å². The highest BCUT2D eigenvalue weighted by Gasteiger charge is 2.22. The van der Waals surface area contributed by atoms with E-state index in [4.69, 9.17) is 4.74 Å². The number of esters is 1. The highest BCUT2D eigenvalue weighted by atomic mass is 19.3. The number of aryl methyl sites for hydroxylation is 1. The zero-order valence-corrected chi connectivity index (χ0v) is 15.4. The van der Waals surface area contributed by atoms with E-state index < -0.39 is 24.6 Å². The molecule has 0 fully saturated rings. The molecular weight excluding hydrogens is 386 g/mol. The minimum absolute atomic E-state index is 0.0326. The minimum Gasteiger partial charge on any atom is -0.449 e. The number of fused-ring (bicyclic) bond motifs is 1. The summed E-state index contributed by atoms with van der Waals surface area (Å²) in [5.74, 6) is -1.71. The number of carbonyl (C=O) groups excluding carboxylic acids is 3. The Hall–Kier alpha value is -3.49. The highest BCUT2D eigenvalue weighted by molar-refractivity contribution is 5.99. The average molecular weight is 404 g/mol. The number of amides is 2. The van der Waals surface area contributed by atoms with Gasteiger partial charge in [-0.15, -0.1) is 0 Å². The number of hydrogen-bond acceptors (Lipinski definition) is 5. The molecule has 2 N–H and O–H groups in total. The van der Waals surface area contributed by atoms with E-state index in [1.807, 2.05) is 0 Å². The number of hydrogen-bond donors (Lipinski definition) is 2. The molecular formula is C20H18F2N2O5. The lowest BCUT2D eigenvalue weighted by Crippen LogP contribution is -2.30. The Morgan fingerprint density at radius 2 is 1.90 bits per heavy atom. The summed E-state index contributed by atoms with van der Waals surface area (Å²) in [6.07, 6.45) is -0.359. The average Bonchev–Trinajstić information content (AvgIpc) is 2.68. The van der Waals surface area contributed by atoms with Crippen molar-refractivity contribution in [3.63, 3.8) is 0 Å². The van der Waals surface area contributed by atoms with E-state index in [1.54, 1.807) is 12.1 Å². The van der Waals surface area contributed by atoms with Crippen molar-refractivity contribution in [3.05, 3.63) is 53.6 Å². The molecule has 9 heteroatoms. The molecule has 0 bridgehead atoms. The van der Waals surface area contributed by atoms with Gasteiger partial charge < -0.3 is 20.1 Å². The first-order valence-corrected chi connectivity index (χ1v) is 8.82. The van der Waals surface area contributed by atoms with Gasteiger partial charge in [0.05, 0.1) is 11.3 Å². The SMILES string of the molecule is CC(OC(=O)c1ccc2c(c1)CCC(=O)N2)C(=O)Nc1ccccc1OC(F)F. The molecule has 2 amide bonds. The molecule has 3 rings (SSSR count). The van der Waals surface area contributed by atoms with Gasteiger partial charge in [0.15, 0.2) is 6.10 Å². The fraction of sp³-hybridized carbons (Fsp3) is 0.250. The van der Waals surface area contributed by atoms with Gasteiger partial charge in [0.25, 0.3) is 5.91 Å². The Kier molecular flexibility index (Phi) is 6.06. The molecule has 0 saturated carbocycles. The second-order valence-corrected chi connectivity index (χ2v) is 6.33. The van der Waals surface area contributed by atoms with E-state index >= 15 is 0 Å². The van der Waals surface area contributed by atoms with Gasteiger partial charge in [-0.3, -0.25) is 9.59 Å². The number of alkyl halides is 2. The lowest BCUT2D eigenvalue weighted by Gasteiger charge is -2.18. The predicted molar refractivity (Wildman–Crippen MR) is 100.0 cm³/mol. The van der Waals surface area contributed by atoms with Gasteiger partial charge in [-0.05, 0) is 49.2 Å². The van der Waals surface area contributed by atoms with Crippen molar-refractivity contribution in [2.45, 2.75) is 32.5 Å². The number of halogens is 2. The van der Waals surface area contributed by atoms with Gasteiger partial charge in [0.2, 0.25) is 5.91 Å². The van der Waals surface area contributed by atoms with Gasteiger partial charge in [-0.25, -0.2) is 4.79 Å². The summed E-state index contributed by atoms with van der Waals surface area (Å²) in [6.45, 7) is -1.68. The fourth-order valence-corrected chi connectivity index (χ4v) is 2.80. The van der Waals surface area contributed by atoms with Gasteiger partial charge in [-0.1, -0.05) is 12.1 Å². The van der Waals surface area contributed by atoms with Gasteiger partial charge in [-0.2, -0.15) is 8.78 Å². The molecule has 29 heavy (non-hydrogen) atoms. The highest BCUT2D eigenvalue weighted by Crippen LogP contribution is 2.26. The quantitative estimate of drug-likeness (QED) is 0.720. The van der Waals surface area contributed by atoms with E-state index in [0.29, 0.717) is 18.5 Å². The third-order valence-electron chi connectivity index (χ3n) is 4.25. The summed E-state index contributed by atoms with van der Waals surface area (Å²) in [5, 5.41) is 5.12. The lowest BCUT2D eigenvalue weighted by atomic mass is 10.0. The third-order valence-corrected chi connectivity index (χ3v) is 4.25. The molecule has 1 atom stereocenters. The Labute approximate surface area is 165 Å². The summed E-state index contributed by atoms with van der Waals surface area (Å²) < 4.78 is 34.5. The maximum Gasteiger partial charge on any atom is 0.387 e. The molecule has 2 aromatic carbocycles. The van der Waals surface area contributed by atoms with Crippen molar-refractivity contribution in [2.75, 3.05) is 10.6 Å².